The second kappa shape index (κ2) is 5.72. The summed E-state index contributed by atoms with van der Waals surface area (Å²) in [6.07, 6.45) is 0. The molecule has 2 N–H and O–H groups in total. The molecule has 2 aliphatic rings. The van der Waals surface area contributed by atoms with Crippen molar-refractivity contribution in [2.75, 3.05) is 10.6 Å². The lowest BCUT2D eigenvalue weighted by Gasteiger charge is -2.36. The van der Waals surface area contributed by atoms with Gasteiger partial charge in [-0.25, -0.2) is 9.59 Å². The summed E-state index contributed by atoms with van der Waals surface area (Å²) in [7, 11) is 5.52. The zero-order valence-electron chi connectivity index (χ0n) is 17.1. The van der Waals surface area contributed by atoms with E-state index in [1.165, 1.54) is 37.3 Å². The van der Waals surface area contributed by atoms with E-state index in [2.05, 4.69) is 10.6 Å². The summed E-state index contributed by atoms with van der Waals surface area (Å²) < 4.78 is 4.18. The molecule has 2 aromatic heterocycles. The van der Waals surface area contributed by atoms with Crippen LogP contribution in [-0.4, -0.2) is 24.2 Å². The SMILES string of the molecule is Cn1c2c(c(=O)n(C)c1=O)C1(C(=O)Nc3ccccc31)c1c(n(C)c(=O)n(C)c1=O)N2. The van der Waals surface area contributed by atoms with Gasteiger partial charge in [-0.2, -0.15) is 0 Å². The van der Waals surface area contributed by atoms with Crippen LogP contribution in [0.4, 0.5) is 17.3 Å². The second-order valence-electron chi connectivity index (χ2n) is 7.73. The maximum absolute atomic E-state index is 13.6. The highest BCUT2D eigenvalue weighted by atomic mass is 16.2. The number of carbonyl (C=O) groups is 1. The Labute approximate surface area is 173 Å². The fourth-order valence-electron chi connectivity index (χ4n) is 4.65. The number of nitrogens with zero attached hydrogens (tertiary/aromatic N) is 4. The Balaban J connectivity index is 2.14. The molecule has 0 saturated heterocycles. The minimum atomic E-state index is -1.84. The van der Waals surface area contributed by atoms with Gasteiger partial charge in [0.05, 0.1) is 11.1 Å². The molecule has 3 aromatic rings. The predicted molar refractivity (Wildman–Crippen MR) is 112 cm³/mol. The van der Waals surface area contributed by atoms with Gasteiger partial charge in [-0.05, 0) is 6.07 Å². The van der Waals surface area contributed by atoms with Crippen molar-refractivity contribution < 1.29 is 4.79 Å². The third-order valence-electron chi connectivity index (χ3n) is 6.24. The lowest BCUT2D eigenvalue weighted by atomic mass is 9.69. The minimum absolute atomic E-state index is 0.0516. The highest BCUT2D eigenvalue weighted by Gasteiger charge is 2.58. The van der Waals surface area contributed by atoms with Gasteiger partial charge in [0.15, 0.2) is 0 Å². The largest absolute Gasteiger partial charge is 0.332 e. The average Bonchev–Trinajstić information content (AvgIpc) is 3.04. The van der Waals surface area contributed by atoms with E-state index in [4.69, 9.17) is 0 Å². The Morgan fingerprint density at radius 3 is 1.68 bits per heavy atom. The average molecular weight is 422 g/mol. The third kappa shape index (κ3) is 1.95. The smallest absolute Gasteiger partial charge is 0.327 e. The third-order valence-corrected chi connectivity index (χ3v) is 6.24. The molecule has 1 aromatic carbocycles. The molecule has 0 atom stereocenters. The highest BCUT2D eigenvalue weighted by Crippen LogP contribution is 2.51. The first kappa shape index (κ1) is 18.9. The van der Waals surface area contributed by atoms with Crippen molar-refractivity contribution in [2.45, 2.75) is 5.41 Å². The Morgan fingerprint density at radius 1 is 0.677 bits per heavy atom. The van der Waals surface area contributed by atoms with Crippen LogP contribution in [0.3, 0.4) is 0 Å². The Hall–Kier alpha value is -4.15. The van der Waals surface area contributed by atoms with Crippen LogP contribution in [-0.2, 0) is 38.4 Å². The van der Waals surface area contributed by atoms with Gasteiger partial charge in [0.1, 0.15) is 17.1 Å². The van der Waals surface area contributed by atoms with Crippen molar-refractivity contribution in [3.63, 3.8) is 0 Å². The molecular formula is C20H18N6O5. The van der Waals surface area contributed by atoms with Crippen LogP contribution in [0, 0.1) is 0 Å². The highest BCUT2D eigenvalue weighted by molar-refractivity contribution is 6.13. The molecule has 0 unspecified atom stereocenters. The summed E-state index contributed by atoms with van der Waals surface area (Å²) in [5.41, 5.74) is -3.75. The van der Waals surface area contributed by atoms with Crippen molar-refractivity contribution in [3.05, 3.63) is 82.6 Å². The molecule has 1 spiro atoms. The molecule has 5 rings (SSSR count). The number of hydrogen-bond donors (Lipinski definition) is 2. The number of benzene rings is 1. The van der Waals surface area contributed by atoms with Crippen LogP contribution in [0.5, 0.6) is 0 Å². The number of rotatable bonds is 0. The number of amides is 1. The number of carbonyl (C=O) groups excluding carboxylic acids is 1. The molecule has 0 radical (unpaired) electrons. The number of hydrogen-bond acceptors (Lipinski definition) is 6. The number of fused-ring (bicyclic) bond motifs is 6. The van der Waals surface area contributed by atoms with Gasteiger partial charge < -0.3 is 10.6 Å². The van der Waals surface area contributed by atoms with Crippen LogP contribution in [0.2, 0.25) is 0 Å². The van der Waals surface area contributed by atoms with Crippen LogP contribution >= 0.6 is 0 Å². The van der Waals surface area contributed by atoms with E-state index in [0.29, 0.717) is 11.3 Å². The predicted octanol–water partition coefficient (Wildman–Crippen LogP) is -1.18. The normalized spacial score (nSPS) is 15.2. The molecule has 0 aliphatic carbocycles. The molecule has 11 nitrogen and oxygen atoms in total. The van der Waals surface area contributed by atoms with E-state index in [9.17, 15) is 24.0 Å². The maximum Gasteiger partial charge on any atom is 0.332 e. The molecular weight excluding hydrogens is 404 g/mol. The molecule has 11 heteroatoms. The van der Waals surface area contributed by atoms with Gasteiger partial charge in [-0.15, -0.1) is 0 Å². The monoisotopic (exact) mass is 422 g/mol. The maximum atomic E-state index is 13.6. The molecule has 0 fully saturated rings. The standard InChI is InChI=1S/C20H18N6O5/c1-23-13-11(15(27)25(3)18(23)30)20(9-7-5-6-8-10(9)21-17(20)29)12-14(22-13)24(2)19(31)26(4)16(12)28/h5-8,22H,1-4H3,(H,21,29). The zero-order chi connectivity index (χ0) is 22.4. The molecule has 1 amide bonds. The number of aromatic nitrogens is 4. The van der Waals surface area contributed by atoms with Gasteiger partial charge >= 0.3 is 11.4 Å². The lowest BCUT2D eigenvalue weighted by molar-refractivity contribution is -0.118. The summed E-state index contributed by atoms with van der Waals surface area (Å²) in [6, 6.07) is 6.74. The minimum Gasteiger partial charge on any atom is -0.327 e. The summed E-state index contributed by atoms with van der Waals surface area (Å²) >= 11 is 0. The van der Waals surface area contributed by atoms with Crippen molar-refractivity contribution in [1.29, 1.82) is 0 Å². The van der Waals surface area contributed by atoms with Gasteiger partial charge in [0, 0.05) is 39.4 Å². The van der Waals surface area contributed by atoms with E-state index in [-0.39, 0.29) is 22.8 Å². The van der Waals surface area contributed by atoms with Crippen molar-refractivity contribution in [1.82, 2.24) is 18.3 Å². The fourth-order valence-corrected chi connectivity index (χ4v) is 4.65. The van der Waals surface area contributed by atoms with E-state index in [0.717, 1.165) is 9.13 Å². The van der Waals surface area contributed by atoms with Crippen LogP contribution in [0.1, 0.15) is 16.7 Å². The topological polar surface area (TPSA) is 129 Å². The van der Waals surface area contributed by atoms with Crippen molar-refractivity contribution in [2.24, 2.45) is 28.2 Å². The van der Waals surface area contributed by atoms with Gasteiger partial charge in [-0.3, -0.25) is 32.7 Å². The van der Waals surface area contributed by atoms with E-state index in [1.807, 2.05) is 0 Å². The van der Waals surface area contributed by atoms with Crippen LogP contribution in [0.25, 0.3) is 0 Å². The van der Waals surface area contributed by atoms with Gasteiger partial charge in [0.2, 0.25) is 5.91 Å². The Bertz CT molecular complexity index is 1500. The molecule has 4 heterocycles. The molecule has 0 saturated carbocycles. The number of nitrogens with one attached hydrogen (secondary N) is 2. The summed E-state index contributed by atoms with van der Waals surface area (Å²) in [6.45, 7) is 0. The Morgan fingerprint density at radius 2 is 1.16 bits per heavy atom. The van der Waals surface area contributed by atoms with Crippen molar-refractivity contribution >= 4 is 23.2 Å². The lowest BCUT2D eigenvalue weighted by Crippen LogP contribution is -2.55. The van der Waals surface area contributed by atoms with Crippen LogP contribution < -0.4 is 33.1 Å². The summed E-state index contributed by atoms with van der Waals surface area (Å²) in [5, 5.41) is 5.68. The van der Waals surface area contributed by atoms with E-state index >= 15 is 0 Å². The zero-order valence-corrected chi connectivity index (χ0v) is 17.1. The first-order valence-corrected chi connectivity index (χ1v) is 9.43. The number of anilines is 3. The molecule has 0 bridgehead atoms. The molecule has 2 aliphatic heterocycles. The van der Waals surface area contributed by atoms with Crippen molar-refractivity contribution in [3.8, 4) is 0 Å². The molecule has 158 valence electrons. The summed E-state index contributed by atoms with van der Waals surface area (Å²) in [4.78, 5) is 65.7. The quantitative estimate of drug-likeness (QED) is 0.470. The van der Waals surface area contributed by atoms with Gasteiger partial charge in [0.25, 0.3) is 11.1 Å². The second-order valence-corrected chi connectivity index (χ2v) is 7.73. The first-order chi connectivity index (χ1) is 14.6. The first-order valence-electron chi connectivity index (χ1n) is 9.43. The van der Waals surface area contributed by atoms with E-state index < -0.39 is 33.8 Å². The van der Waals surface area contributed by atoms with Crippen LogP contribution in [0.15, 0.2) is 43.4 Å². The molecule has 31 heavy (non-hydrogen) atoms. The Kier molecular flexibility index (Phi) is 3.48. The summed E-state index contributed by atoms with van der Waals surface area (Å²) in [5.74, 6) is -0.504. The fraction of sp³-hybridized carbons (Fsp3) is 0.250. The number of para-hydroxylation sites is 1. The van der Waals surface area contributed by atoms with E-state index in [1.54, 1.807) is 24.3 Å². The van der Waals surface area contributed by atoms with Gasteiger partial charge in [-0.1, -0.05) is 18.2 Å².